The van der Waals surface area contributed by atoms with E-state index in [9.17, 15) is 4.79 Å². The molecule has 0 radical (unpaired) electrons. The monoisotopic (exact) mass is 303 g/mol. The van der Waals surface area contributed by atoms with Crippen molar-refractivity contribution in [2.24, 2.45) is 5.92 Å². The molecule has 1 aromatic carbocycles. The van der Waals surface area contributed by atoms with Gasteiger partial charge in [0.25, 0.3) is 0 Å². The second-order valence-electron chi connectivity index (χ2n) is 7.48. The lowest BCUT2D eigenvalue weighted by Crippen LogP contribution is -2.46. The lowest BCUT2D eigenvalue weighted by atomic mass is 9.94. The van der Waals surface area contributed by atoms with Crippen molar-refractivity contribution >= 4 is 11.6 Å². The van der Waals surface area contributed by atoms with Crippen LogP contribution in [0.4, 0.5) is 5.69 Å². The lowest BCUT2D eigenvalue weighted by Gasteiger charge is -2.33. The molecular formula is C18H29N3O. The summed E-state index contributed by atoms with van der Waals surface area (Å²) in [4.78, 5) is 14.6. The van der Waals surface area contributed by atoms with E-state index in [2.05, 4.69) is 28.4 Å². The van der Waals surface area contributed by atoms with Crippen molar-refractivity contribution in [3.8, 4) is 0 Å². The Kier molecular flexibility index (Phi) is 5.12. The molecule has 22 heavy (non-hydrogen) atoms. The third kappa shape index (κ3) is 4.73. The predicted octanol–water partition coefficient (Wildman–Crippen LogP) is 2.70. The Hall–Kier alpha value is -1.55. The van der Waals surface area contributed by atoms with Gasteiger partial charge in [-0.3, -0.25) is 9.69 Å². The molecule has 0 aliphatic carbocycles. The number of benzene rings is 1. The molecule has 3 N–H and O–H groups in total. The summed E-state index contributed by atoms with van der Waals surface area (Å²) in [6, 6.07) is 6.28. The van der Waals surface area contributed by atoms with Gasteiger partial charge in [0.1, 0.15) is 0 Å². The first kappa shape index (κ1) is 16.8. The molecule has 1 amide bonds. The quantitative estimate of drug-likeness (QED) is 0.844. The molecule has 122 valence electrons. The van der Waals surface area contributed by atoms with E-state index >= 15 is 0 Å². The molecule has 4 heteroatoms. The van der Waals surface area contributed by atoms with Gasteiger partial charge in [0.15, 0.2) is 0 Å². The van der Waals surface area contributed by atoms with Crippen molar-refractivity contribution in [3.63, 3.8) is 0 Å². The number of piperidine rings is 1. The van der Waals surface area contributed by atoms with Crippen molar-refractivity contribution in [1.82, 2.24) is 10.2 Å². The van der Waals surface area contributed by atoms with Crippen LogP contribution in [0.1, 0.15) is 44.7 Å². The van der Waals surface area contributed by atoms with E-state index in [4.69, 9.17) is 5.73 Å². The number of carbonyl (C=O) groups is 1. The summed E-state index contributed by atoms with van der Waals surface area (Å²) in [5, 5.41) is 3.09. The van der Waals surface area contributed by atoms with Gasteiger partial charge in [0.05, 0.1) is 0 Å². The molecular weight excluding hydrogens is 274 g/mol. The van der Waals surface area contributed by atoms with Crippen LogP contribution in [0.3, 0.4) is 0 Å². The van der Waals surface area contributed by atoms with Gasteiger partial charge in [-0.25, -0.2) is 0 Å². The highest BCUT2D eigenvalue weighted by Crippen LogP contribution is 2.21. The summed E-state index contributed by atoms with van der Waals surface area (Å²) in [6.07, 6.45) is 1.87. The average molecular weight is 303 g/mol. The number of amides is 1. The summed E-state index contributed by atoms with van der Waals surface area (Å²) >= 11 is 0. The zero-order valence-electron chi connectivity index (χ0n) is 14.3. The SMILES string of the molecule is Cc1ccc(CN2CCC(C(=O)NC(C)(C)C)CC2)cc1N. The van der Waals surface area contributed by atoms with Crippen LogP contribution < -0.4 is 11.1 Å². The molecule has 1 aliphatic rings. The molecule has 0 unspecified atom stereocenters. The van der Waals surface area contributed by atoms with Gasteiger partial charge in [0, 0.05) is 23.7 Å². The molecule has 2 rings (SSSR count). The van der Waals surface area contributed by atoms with Crippen molar-refractivity contribution in [1.29, 1.82) is 0 Å². The highest BCUT2D eigenvalue weighted by molar-refractivity contribution is 5.79. The molecule has 0 saturated carbocycles. The number of nitrogens with one attached hydrogen (secondary N) is 1. The summed E-state index contributed by atoms with van der Waals surface area (Å²) in [7, 11) is 0. The van der Waals surface area contributed by atoms with Gasteiger partial charge in [0.2, 0.25) is 5.91 Å². The van der Waals surface area contributed by atoms with Crippen LogP contribution in [-0.4, -0.2) is 29.4 Å². The van der Waals surface area contributed by atoms with Crippen LogP contribution in [0.15, 0.2) is 18.2 Å². The highest BCUT2D eigenvalue weighted by Gasteiger charge is 2.27. The van der Waals surface area contributed by atoms with Crippen LogP contribution >= 0.6 is 0 Å². The molecule has 0 spiro atoms. The molecule has 1 heterocycles. The normalized spacial score (nSPS) is 17.5. The smallest absolute Gasteiger partial charge is 0.223 e. The average Bonchev–Trinajstić information content (AvgIpc) is 2.42. The number of nitrogen functional groups attached to an aromatic ring is 1. The summed E-state index contributed by atoms with van der Waals surface area (Å²) in [5.74, 6) is 0.352. The summed E-state index contributed by atoms with van der Waals surface area (Å²) in [5.41, 5.74) is 9.06. The topological polar surface area (TPSA) is 58.4 Å². The van der Waals surface area contributed by atoms with Gasteiger partial charge in [-0.05, 0) is 70.8 Å². The minimum absolute atomic E-state index is 0.145. The number of likely N-dealkylation sites (tertiary alicyclic amines) is 1. The number of hydrogen-bond acceptors (Lipinski definition) is 3. The van der Waals surface area contributed by atoms with Gasteiger partial charge >= 0.3 is 0 Å². The Morgan fingerprint density at radius 2 is 1.95 bits per heavy atom. The Morgan fingerprint density at radius 3 is 2.50 bits per heavy atom. The van der Waals surface area contributed by atoms with Gasteiger partial charge in [-0.1, -0.05) is 12.1 Å². The molecule has 1 saturated heterocycles. The van der Waals surface area contributed by atoms with E-state index in [-0.39, 0.29) is 17.4 Å². The summed E-state index contributed by atoms with van der Waals surface area (Å²) in [6.45, 7) is 11.0. The first-order chi connectivity index (χ1) is 10.2. The maximum atomic E-state index is 12.2. The molecule has 0 aromatic heterocycles. The Labute approximate surface area is 134 Å². The predicted molar refractivity (Wildman–Crippen MR) is 91.5 cm³/mol. The Bertz CT molecular complexity index is 526. The standard InChI is InChI=1S/C18H29N3O/c1-13-5-6-14(11-16(13)19)12-21-9-7-15(8-10-21)17(22)20-18(2,3)4/h5-6,11,15H,7-10,12,19H2,1-4H3,(H,20,22). The van der Waals surface area contributed by atoms with E-state index < -0.39 is 0 Å². The maximum Gasteiger partial charge on any atom is 0.223 e. The second-order valence-corrected chi connectivity index (χ2v) is 7.48. The van der Waals surface area contributed by atoms with Gasteiger partial charge in [-0.15, -0.1) is 0 Å². The fraction of sp³-hybridized carbons (Fsp3) is 0.611. The van der Waals surface area contributed by atoms with Gasteiger partial charge < -0.3 is 11.1 Å². The summed E-state index contributed by atoms with van der Waals surface area (Å²) < 4.78 is 0. The van der Waals surface area contributed by atoms with Crippen LogP contribution in [0.2, 0.25) is 0 Å². The molecule has 0 bridgehead atoms. The van der Waals surface area contributed by atoms with Crippen molar-refractivity contribution in [2.75, 3.05) is 18.8 Å². The molecule has 0 atom stereocenters. The van der Waals surface area contributed by atoms with Crippen LogP contribution in [0.5, 0.6) is 0 Å². The Morgan fingerprint density at radius 1 is 1.32 bits per heavy atom. The lowest BCUT2D eigenvalue weighted by molar-refractivity contribution is -0.127. The molecule has 1 fully saturated rings. The fourth-order valence-electron chi connectivity index (χ4n) is 2.87. The molecule has 4 nitrogen and oxygen atoms in total. The minimum Gasteiger partial charge on any atom is -0.399 e. The van der Waals surface area contributed by atoms with Crippen molar-refractivity contribution < 1.29 is 4.79 Å². The van der Waals surface area contributed by atoms with E-state index in [1.807, 2.05) is 27.7 Å². The zero-order chi connectivity index (χ0) is 16.3. The second kappa shape index (κ2) is 6.69. The van der Waals surface area contributed by atoms with Crippen LogP contribution in [0.25, 0.3) is 0 Å². The number of rotatable bonds is 3. The number of nitrogens with two attached hydrogens (primary N) is 1. The number of nitrogens with zero attached hydrogens (tertiary/aromatic N) is 1. The molecule has 1 aliphatic heterocycles. The number of aryl methyl sites for hydroxylation is 1. The van der Waals surface area contributed by atoms with Crippen molar-refractivity contribution in [3.05, 3.63) is 29.3 Å². The third-order valence-corrected chi connectivity index (χ3v) is 4.21. The van der Waals surface area contributed by atoms with Crippen LogP contribution in [-0.2, 0) is 11.3 Å². The van der Waals surface area contributed by atoms with E-state index in [0.29, 0.717) is 0 Å². The largest absolute Gasteiger partial charge is 0.399 e. The number of anilines is 1. The maximum absolute atomic E-state index is 12.2. The molecule has 1 aromatic rings. The van der Waals surface area contributed by atoms with E-state index in [0.717, 1.165) is 43.7 Å². The minimum atomic E-state index is -0.145. The third-order valence-electron chi connectivity index (χ3n) is 4.21. The number of carbonyl (C=O) groups excluding carboxylic acids is 1. The number of hydrogen-bond donors (Lipinski definition) is 2. The van der Waals surface area contributed by atoms with Crippen molar-refractivity contribution in [2.45, 2.75) is 52.6 Å². The van der Waals surface area contributed by atoms with Crippen LogP contribution in [0, 0.1) is 12.8 Å². The highest BCUT2D eigenvalue weighted by atomic mass is 16.2. The zero-order valence-corrected chi connectivity index (χ0v) is 14.3. The first-order valence-electron chi connectivity index (χ1n) is 8.14. The Balaban J connectivity index is 1.84. The fourth-order valence-corrected chi connectivity index (χ4v) is 2.87. The van der Waals surface area contributed by atoms with E-state index in [1.165, 1.54) is 5.56 Å². The van der Waals surface area contributed by atoms with E-state index in [1.54, 1.807) is 0 Å². The first-order valence-corrected chi connectivity index (χ1v) is 8.14. The van der Waals surface area contributed by atoms with Gasteiger partial charge in [-0.2, -0.15) is 0 Å².